The molecule has 0 atom stereocenters. The molecule has 1 aromatic heterocycles. The van der Waals surface area contributed by atoms with Gasteiger partial charge in [0, 0.05) is 38.6 Å². The summed E-state index contributed by atoms with van der Waals surface area (Å²) in [5, 5.41) is 8.86. The van der Waals surface area contributed by atoms with Crippen LogP contribution < -0.4 is 9.80 Å². The van der Waals surface area contributed by atoms with Crippen LogP contribution in [0.2, 0.25) is 0 Å². The summed E-state index contributed by atoms with van der Waals surface area (Å²) in [6.07, 6.45) is 0. The van der Waals surface area contributed by atoms with Crippen LogP contribution in [0.15, 0.2) is 18.2 Å². The second-order valence-electron chi connectivity index (χ2n) is 6.31. The van der Waals surface area contributed by atoms with E-state index >= 15 is 0 Å². The van der Waals surface area contributed by atoms with Gasteiger partial charge in [-0.15, -0.1) is 0 Å². The standard InChI is InChI=1S/C19H17F2N5O3/c1-11(27)26(12(2)28)19-23-17(9-18(24-19)25-3-5-29-6-4-25)13-7-15(20)14(10-22)16(21)8-13/h7-9H,3-6H2,1-2H3. The molecule has 8 nitrogen and oxygen atoms in total. The number of carbonyl (C=O) groups is 2. The van der Waals surface area contributed by atoms with Crippen LogP contribution in [0.1, 0.15) is 19.4 Å². The number of nitrogens with zero attached hydrogens (tertiary/aromatic N) is 5. The number of carbonyl (C=O) groups excluding carboxylic acids is 2. The highest BCUT2D eigenvalue weighted by molar-refractivity contribution is 6.12. The Balaban J connectivity index is 2.18. The Morgan fingerprint density at radius 2 is 1.69 bits per heavy atom. The van der Waals surface area contributed by atoms with Gasteiger partial charge < -0.3 is 9.64 Å². The summed E-state index contributed by atoms with van der Waals surface area (Å²) in [4.78, 5) is 35.0. The molecule has 3 rings (SSSR count). The number of morpholine rings is 1. The fraction of sp³-hybridized carbons (Fsp3) is 0.316. The zero-order chi connectivity index (χ0) is 21.1. The van der Waals surface area contributed by atoms with Gasteiger partial charge in [-0.3, -0.25) is 9.59 Å². The molecular weight excluding hydrogens is 384 g/mol. The smallest absolute Gasteiger partial charge is 0.241 e. The number of ether oxygens (including phenoxy) is 1. The fourth-order valence-corrected chi connectivity index (χ4v) is 2.96. The highest BCUT2D eigenvalue weighted by atomic mass is 19.1. The van der Waals surface area contributed by atoms with Crippen LogP contribution in [0.3, 0.4) is 0 Å². The Bertz CT molecular complexity index is 978. The van der Waals surface area contributed by atoms with E-state index in [4.69, 9.17) is 10.00 Å². The Labute approximate surface area is 165 Å². The van der Waals surface area contributed by atoms with E-state index in [-0.39, 0.29) is 17.2 Å². The average Bonchev–Trinajstić information content (AvgIpc) is 2.67. The summed E-state index contributed by atoms with van der Waals surface area (Å²) in [5.74, 6) is -3.09. The van der Waals surface area contributed by atoms with Gasteiger partial charge in [0.2, 0.25) is 17.8 Å². The van der Waals surface area contributed by atoms with Crippen LogP contribution in [0.5, 0.6) is 0 Å². The molecule has 0 spiro atoms. The molecule has 1 aromatic carbocycles. The maximum atomic E-state index is 14.1. The molecule has 1 aliphatic rings. The van der Waals surface area contributed by atoms with E-state index in [0.29, 0.717) is 32.1 Å². The number of benzene rings is 1. The number of halogens is 2. The highest BCUT2D eigenvalue weighted by Gasteiger charge is 2.24. The quantitative estimate of drug-likeness (QED) is 0.776. The summed E-state index contributed by atoms with van der Waals surface area (Å²) in [5.41, 5.74) is -0.555. The first kappa shape index (κ1) is 20.3. The van der Waals surface area contributed by atoms with Crippen molar-refractivity contribution in [1.82, 2.24) is 9.97 Å². The molecule has 2 aromatic rings. The number of hydrogen-bond acceptors (Lipinski definition) is 7. The van der Waals surface area contributed by atoms with E-state index in [1.807, 2.05) is 4.90 Å². The summed E-state index contributed by atoms with van der Waals surface area (Å²) < 4.78 is 33.5. The first-order valence-corrected chi connectivity index (χ1v) is 8.74. The molecule has 1 saturated heterocycles. The summed E-state index contributed by atoms with van der Waals surface area (Å²) in [6.45, 7) is 4.30. The van der Waals surface area contributed by atoms with Crippen LogP contribution in [0.25, 0.3) is 11.3 Å². The van der Waals surface area contributed by atoms with Gasteiger partial charge >= 0.3 is 0 Å². The molecule has 10 heteroatoms. The van der Waals surface area contributed by atoms with Crippen LogP contribution in [0.4, 0.5) is 20.5 Å². The topological polar surface area (TPSA) is 99.4 Å². The zero-order valence-electron chi connectivity index (χ0n) is 15.8. The van der Waals surface area contributed by atoms with Crippen molar-refractivity contribution in [3.63, 3.8) is 0 Å². The molecule has 0 bridgehead atoms. The van der Waals surface area contributed by atoms with E-state index in [2.05, 4.69) is 9.97 Å². The minimum atomic E-state index is -1.04. The molecule has 0 radical (unpaired) electrons. The molecule has 1 aliphatic heterocycles. The number of nitriles is 1. The average molecular weight is 401 g/mol. The van der Waals surface area contributed by atoms with Gasteiger partial charge in [-0.1, -0.05) is 0 Å². The second kappa shape index (κ2) is 8.28. The van der Waals surface area contributed by atoms with E-state index < -0.39 is 29.0 Å². The molecule has 2 amide bonds. The summed E-state index contributed by atoms with van der Waals surface area (Å²) in [7, 11) is 0. The Hall–Kier alpha value is -3.45. The van der Waals surface area contributed by atoms with Crippen LogP contribution >= 0.6 is 0 Å². The van der Waals surface area contributed by atoms with Gasteiger partial charge in [0.25, 0.3) is 0 Å². The fourth-order valence-electron chi connectivity index (χ4n) is 2.96. The van der Waals surface area contributed by atoms with Gasteiger partial charge in [0.15, 0.2) is 0 Å². The Morgan fingerprint density at radius 3 is 2.21 bits per heavy atom. The number of anilines is 2. The van der Waals surface area contributed by atoms with Crippen molar-refractivity contribution in [2.45, 2.75) is 13.8 Å². The number of aromatic nitrogens is 2. The molecular formula is C19H17F2N5O3. The first-order valence-electron chi connectivity index (χ1n) is 8.74. The van der Waals surface area contributed by atoms with Crippen molar-refractivity contribution in [2.75, 3.05) is 36.1 Å². The Morgan fingerprint density at radius 1 is 1.10 bits per heavy atom. The van der Waals surface area contributed by atoms with Crippen LogP contribution in [0, 0.1) is 23.0 Å². The van der Waals surface area contributed by atoms with E-state index in [0.717, 1.165) is 17.0 Å². The van der Waals surface area contributed by atoms with Gasteiger partial charge in [-0.05, 0) is 12.1 Å². The Kier molecular flexibility index (Phi) is 5.79. The molecule has 0 N–H and O–H groups in total. The number of amides is 2. The third-order valence-corrected chi connectivity index (χ3v) is 4.32. The van der Waals surface area contributed by atoms with Gasteiger partial charge in [-0.25, -0.2) is 18.7 Å². The monoisotopic (exact) mass is 401 g/mol. The lowest BCUT2D eigenvalue weighted by atomic mass is 10.1. The first-order chi connectivity index (χ1) is 13.8. The van der Waals surface area contributed by atoms with Gasteiger partial charge in [0.05, 0.1) is 18.9 Å². The molecule has 0 aliphatic carbocycles. The zero-order valence-corrected chi connectivity index (χ0v) is 15.8. The van der Waals surface area contributed by atoms with E-state index in [9.17, 15) is 18.4 Å². The lowest BCUT2D eigenvalue weighted by molar-refractivity contribution is -0.124. The summed E-state index contributed by atoms with van der Waals surface area (Å²) in [6, 6.07) is 4.92. The molecule has 1 fully saturated rings. The minimum Gasteiger partial charge on any atom is -0.378 e. The molecule has 2 heterocycles. The van der Waals surface area contributed by atoms with Crippen molar-refractivity contribution in [3.05, 3.63) is 35.4 Å². The molecule has 0 unspecified atom stereocenters. The van der Waals surface area contributed by atoms with Crippen molar-refractivity contribution in [2.24, 2.45) is 0 Å². The van der Waals surface area contributed by atoms with Crippen LogP contribution in [-0.2, 0) is 14.3 Å². The van der Waals surface area contributed by atoms with Crippen molar-refractivity contribution < 1.29 is 23.1 Å². The van der Waals surface area contributed by atoms with Crippen molar-refractivity contribution >= 4 is 23.6 Å². The third-order valence-electron chi connectivity index (χ3n) is 4.32. The van der Waals surface area contributed by atoms with Crippen molar-refractivity contribution in [3.8, 4) is 17.3 Å². The van der Waals surface area contributed by atoms with E-state index in [1.165, 1.54) is 26.0 Å². The van der Waals surface area contributed by atoms with Crippen molar-refractivity contribution in [1.29, 1.82) is 5.26 Å². The third kappa shape index (κ3) is 4.20. The normalized spacial score (nSPS) is 13.7. The number of hydrogen-bond donors (Lipinski definition) is 0. The maximum absolute atomic E-state index is 14.1. The lowest BCUT2D eigenvalue weighted by Crippen LogP contribution is -2.38. The maximum Gasteiger partial charge on any atom is 0.241 e. The molecule has 29 heavy (non-hydrogen) atoms. The number of rotatable bonds is 3. The second-order valence-corrected chi connectivity index (χ2v) is 6.31. The molecule has 0 saturated carbocycles. The van der Waals surface area contributed by atoms with Crippen LogP contribution in [-0.4, -0.2) is 48.1 Å². The molecule has 150 valence electrons. The predicted molar refractivity (Wildman–Crippen MR) is 99.0 cm³/mol. The lowest BCUT2D eigenvalue weighted by Gasteiger charge is -2.29. The summed E-state index contributed by atoms with van der Waals surface area (Å²) >= 11 is 0. The SMILES string of the molecule is CC(=O)N(C(C)=O)c1nc(-c2cc(F)c(C#N)c(F)c2)cc(N2CCOCC2)n1. The van der Waals surface area contributed by atoms with Gasteiger partial charge in [0.1, 0.15) is 29.1 Å². The van der Waals surface area contributed by atoms with E-state index in [1.54, 1.807) is 0 Å². The largest absolute Gasteiger partial charge is 0.378 e. The van der Waals surface area contributed by atoms with Gasteiger partial charge in [-0.2, -0.15) is 10.2 Å². The minimum absolute atomic E-state index is 0.0456. The highest BCUT2D eigenvalue weighted by Crippen LogP contribution is 2.28. The number of imide groups is 1. The predicted octanol–water partition coefficient (Wildman–Crippen LogP) is 2.03.